The summed E-state index contributed by atoms with van der Waals surface area (Å²) < 4.78 is 6.01. The Kier molecular flexibility index (Phi) is 2.83. The Balaban J connectivity index is 1.72. The number of para-hydroxylation sites is 1. The zero-order chi connectivity index (χ0) is 11.5. The van der Waals surface area contributed by atoms with Crippen molar-refractivity contribution in [3.8, 4) is 5.75 Å². The molecule has 0 aromatic heterocycles. The summed E-state index contributed by atoms with van der Waals surface area (Å²) in [6.07, 6.45) is 3.61. The van der Waals surface area contributed by atoms with Crippen LogP contribution in [0.15, 0.2) is 54.6 Å². The summed E-state index contributed by atoms with van der Waals surface area (Å²) in [5, 5.41) is 0. The average molecular weight is 224 g/mol. The molecule has 0 fully saturated rings. The molecule has 0 radical (unpaired) electrons. The van der Waals surface area contributed by atoms with Gasteiger partial charge in [-0.1, -0.05) is 42.5 Å². The third kappa shape index (κ3) is 2.33. The molecule has 0 spiro atoms. The van der Waals surface area contributed by atoms with E-state index in [9.17, 15) is 0 Å². The van der Waals surface area contributed by atoms with Crippen LogP contribution < -0.4 is 4.74 Å². The molecule has 0 bridgehead atoms. The quantitative estimate of drug-likeness (QED) is 0.757. The minimum atomic E-state index is 0.326. The van der Waals surface area contributed by atoms with Crippen molar-refractivity contribution in [3.63, 3.8) is 0 Å². The summed E-state index contributed by atoms with van der Waals surface area (Å²) in [7, 11) is 0. The number of fused-ring (bicyclic) bond motifs is 1. The van der Waals surface area contributed by atoms with Crippen LogP contribution in [0, 0.1) is 0 Å². The molecule has 0 saturated heterocycles. The second-order valence-corrected chi connectivity index (χ2v) is 4.56. The highest BCUT2D eigenvalue weighted by Gasteiger charge is 2.19. The van der Waals surface area contributed by atoms with Gasteiger partial charge in [0, 0.05) is 6.42 Å². The second kappa shape index (κ2) is 4.62. The number of rotatable bonds is 2. The zero-order valence-electron chi connectivity index (χ0n) is 9.80. The number of hydrogen-bond acceptors (Lipinski definition) is 1. The van der Waals surface area contributed by atoms with E-state index in [1.54, 1.807) is 0 Å². The Bertz CT molecular complexity index is 490. The van der Waals surface area contributed by atoms with E-state index in [4.69, 9.17) is 4.74 Å². The van der Waals surface area contributed by atoms with Crippen LogP contribution in [0.25, 0.3) is 0 Å². The molecule has 0 N–H and O–H groups in total. The van der Waals surface area contributed by atoms with Gasteiger partial charge in [-0.05, 0) is 36.1 Å². The van der Waals surface area contributed by atoms with Crippen LogP contribution in [-0.2, 0) is 12.8 Å². The highest BCUT2D eigenvalue weighted by Crippen LogP contribution is 2.24. The van der Waals surface area contributed by atoms with E-state index in [1.807, 2.05) is 30.3 Å². The average Bonchev–Trinajstić information content (AvgIpc) is 2.40. The first-order chi connectivity index (χ1) is 8.42. The maximum atomic E-state index is 6.01. The minimum absolute atomic E-state index is 0.326. The Hall–Kier alpha value is -1.76. The molecule has 86 valence electrons. The lowest BCUT2D eigenvalue weighted by atomic mass is 9.90. The molecule has 3 rings (SSSR count). The molecule has 1 nitrogen and oxygen atoms in total. The van der Waals surface area contributed by atoms with Gasteiger partial charge in [0.25, 0.3) is 0 Å². The Labute approximate surface area is 102 Å². The molecule has 0 aliphatic heterocycles. The fourth-order valence-corrected chi connectivity index (χ4v) is 2.46. The predicted molar refractivity (Wildman–Crippen MR) is 69.3 cm³/mol. The van der Waals surface area contributed by atoms with E-state index in [-0.39, 0.29) is 0 Å². The number of hydrogen-bond donors (Lipinski definition) is 0. The molecular weight excluding hydrogens is 208 g/mol. The van der Waals surface area contributed by atoms with Crippen LogP contribution in [0.2, 0.25) is 0 Å². The van der Waals surface area contributed by atoms with Crippen molar-refractivity contribution in [2.24, 2.45) is 0 Å². The summed E-state index contributed by atoms with van der Waals surface area (Å²) >= 11 is 0. The van der Waals surface area contributed by atoms with E-state index in [0.29, 0.717) is 6.10 Å². The summed E-state index contributed by atoms with van der Waals surface area (Å²) in [6.45, 7) is 0. The first kappa shape index (κ1) is 10.4. The smallest absolute Gasteiger partial charge is 0.119 e. The second-order valence-electron chi connectivity index (χ2n) is 4.56. The van der Waals surface area contributed by atoms with E-state index < -0.39 is 0 Å². The van der Waals surface area contributed by atoms with E-state index >= 15 is 0 Å². The van der Waals surface area contributed by atoms with Crippen molar-refractivity contribution >= 4 is 0 Å². The van der Waals surface area contributed by atoms with Crippen molar-refractivity contribution < 1.29 is 4.74 Å². The van der Waals surface area contributed by atoms with Gasteiger partial charge in [-0.25, -0.2) is 0 Å². The summed E-state index contributed by atoms with van der Waals surface area (Å²) in [6, 6.07) is 18.8. The van der Waals surface area contributed by atoms with Gasteiger partial charge in [-0.2, -0.15) is 0 Å². The summed E-state index contributed by atoms with van der Waals surface area (Å²) in [5.74, 6) is 0.983. The molecule has 1 heteroatoms. The summed E-state index contributed by atoms with van der Waals surface area (Å²) in [4.78, 5) is 0. The number of aryl methyl sites for hydroxylation is 1. The van der Waals surface area contributed by atoms with E-state index in [1.165, 1.54) is 11.1 Å². The number of ether oxygens (including phenoxy) is 1. The molecule has 17 heavy (non-hydrogen) atoms. The van der Waals surface area contributed by atoms with Gasteiger partial charge in [-0.3, -0.25) is 0 Å². The maximum absolute atomic E-state index is 6.01. The third-order valence-electron chi connectivity index (χ3n) is 3.35. The monoisotopic (exact) mass is 224 g/mol. The molecule has 0 amide bonds. The molecule has 2 aromatic carbocycles. The van der Waals surface area contributed by atoms with Crippen molar-refractivity contribution in [2.45, 2.75) is 25.4 Å². The highest BCUT2D eigenvalue weighted by atomic mass is 16.5. The molecular formula is C16H16O. The summed E-state index contributed by atoms with van der Waals surface area (Å²) in [5.41, 5.74) is 2.93. The van der Waals surface area contributed by atoms with Gasteiger partial charge in [-0.15, -0.1) is 0 Å². The molecule has 1 atom stereocenters. The van der Waals surface area contributed by atoms with E-state index in [0.717, 1.165) is 25.0 Å². The molecule has 1 aliphatic carbocycles. The Morgan fingerprint density at radius 3 is 2.35 bits per heavy atom. The standard InChI is InChI=1S/C16H16O/c1-2-8-15(9-3-1)17-16-11-10-13-6-4-5-7-14(13)12-16/h1-9,16H,10-12H2. The van der Waals surface area contributed by atoms with Crippen LogP contribution in [-0.4, -0.2) is 6.10 Å². The van der Waals surface area contributed by atoms with Crippen molar-refractivity contribution in [2.75, 3.05) is 0 Å². The van der Waals surface area contributed by atoms with Crippen molar-refractivity contribution in [3.05, 3.63) is 65.7 Å². The normalized spacial score (nSPS) is 18.5. The van der Waals surface area contributed by atoms with Crippen molar-refractivity contribution in [1.29, 1.82) is 0 Å². The zero-order valence-corrected chi connectivity index (χ0v) is 9.80. The first-order valence-electron chi connectivity index (χ1n) is 6.20. The lowest BCUT2D eigenvalue weighted by Gasteiger charge is -2.25. The number of benzene rings is 2. The third-order valence-corrected chi connectivity index (χ3v) is 3.35. The van der Waals surface area contributed by atoms with Crippen LogP contribution in [0.1, 0.15) is 17.5 Å². The maximum Gasteiger partial charge on any atom is 0.119 e. The fourth-order valence-electron chi connectivity index (χ4n) is 2.46. The first-order valence-corrected chi connectivity index (χ1v) is 6.20. The Morgan fingerprint density at radius 2 is 1.53 bits per heavy atom. The Morgan fingerprint density at radius 1 is 0.824 bits per heavy atom. The van der Waals surface area contributed by atoms with E-state index in [2.05, 4.69) is 24.3 Å². The predicted octanol–water partition coefficient (Wildman–Crippen LogP) is 3.62. The van der Waals surface area contributed by atoms with Gasteiger partial charge in [0.1, 0.15) is 11.9 Å². The fraction of sp³-hybridized carbons (Fsp3) is 0.250. The molecule has 1 unspecified atom stereocenters. The molecule has 2 aromatic rings. The van der Waals surface area contributed by atoms with Gasteiger partial charge in [0.2, 0.25) is 0 Å². The van der Waals surface area contributed by atoms with Gasteiger partial charge in [0.15, 0.2) is 0 Å². The van der Waals surface area contributed by atoms with Crippen molar-refractivity contribution in [1.82, 2.24) is 0 Å². The molecule has 1 aliphatic rings. The van der Waals surface area contributed by atoms with Crippen LogP contribution in [0.3, 0.4) is 0 Å². The molecule has 0 heterocycles. The molecule has 0 saturated carbocycles. The van der Waals surface area contributed by atoms with Crippen LogP contribution >= 0.6 is 0 Å². The lowest BCUT2D eigenvalue weighted by molar-refractivity contribution is 0.185. The van der Waals surface area contributed by atoms with Gasteiger partial charge < -0.3 is 4.74 Å². The SMILES string of the molecule is c1ccc(OC2CCc3ccccc3C2)cc1. The minimum Gasteiger partial charge on any atom is -0.490 e. The topological polar surface area (TPSA) is 9.23 Å². The van der Waals surface area contributed by atoms with Gasteiger partial charge in [0.05, 0.1) is 0 Å². The lowest BCUT2D eigenvalue weighted by Crippen LogP contribution is -2.25. The van der Waals surface area contributed by atoms with Gasteiger partial charge >= 0.3 is 0 Å². The van der Waals surface area contributed by atoms with Crippen LogP contribution in [0.4, 0.5) is 0 Å². The van der Waals surface area contributed by atoms with Crippen LogP contribution in [0.5, 0.6) is 5.75 Å². The highest BCUT2D eigenvalue weighted by molar-refractivity contribution is 5.30. The largest absolute Gasteiger partial charge is 0.490 e.